The van der Waals surface area contributed by atoms with Crippen LogP contribution in [-0.4, -0.2) is 42.0 Å². The number of aliphatic imine (C=N–C) groups is 1. The van der Waals surface area contributed by atoms with Crippen molar-refractivity contribution in [2.24, 2.45) is 4.99 Å². The number of carboxylic acid groups (broad SMARTS) is 1. The Morgan fingerprint density at radius 3 is 2.45 bits per heavy atom. The highest BCUT2D eigenvalue weighted by Crippen LogP contribution is 2.19. The molecule has 22 heavy (non-hydrogen) atoms. The van der Waals surface area contributed by atoms with Gasteiger partial charge in [0.1, 0.15) is 0 Å². The van der Waals surface area contributed by atoms with E-state index in [2.05, 4.69) is 34.2 Å². The second kappa shape index (κ2) is 8.66. The topological polar surface area (TPSA) is 52.9 Å². The largest absolute Gasteiger partial charge is 0.480 e. The summed E-state index contributed by atoms with van der Waals surface area (Å²) >= 11 is 1.47. The zero-order valence-corrected chi connectivity index (χ0v) is 14.1. The van der Waals surface area contributed by atoms with Crippen LogP contribution in [0.2, 0.25) is 0 Å². The zero-order valence-electron chi connectivity index (χ0n) is 12.5. The van der Waals surface area contributed by atoms with E-state index in [9.17, 15) is 4.79 Å². The van der Waals surface area contributed by atoms with Crippen LogP contribution in [0.25, 0.3) is 6.08 Å². The SMILES string of the molecule is CN(C)c1ccc(/C=C/C=C/C2=NC(C(=O)O)CS2)cc1.Cl. The number of aliphatic carboxylic acids is 1. The summed E-state index contributed by atoms with van der Waals surface area (Å²) < 4.78 is 0. The Morgan fingerprint density at radius 2 is 1.91 bits per heavy atom. The normalized spacial score (nSPS) is 17.5. The molecule has 1 unspecified atom stereocenters. The van der Waals surface area contributed by atoms with Crippen molar-refractivity contribution < 1.29 is 9.90 Å². The minimum absolute atomic E-state index is 0. The Labute approximate surface area is 141 Å². The van der Waals surface area contributed by atoms with E-state index in [4.69, 9.17) is 5.11 Å². The van der Waals surface area contributed by atoms with E-state index in [-0.39, 0.29) is 12.4 Å². The lowest BCUT2D eigenvalue weighted by molar-refractivity contribution is -0.137. The highest BCUT2D eigenvalue weighted by atomic mass is 35.5. The first kappa shape index (κ1) is 18.3. The van der Waals surface area contributed by atoms with Gasteiger partial charge in [0, 0.05) is 25.5 Å². The minimum atomic E-state index is -0.859. The molecule has 1 aromatic carbocycles. The molecule has 1 heterocycles. The van der Waals surface area contributed by atoms with Crippen LogP contribution in [0.5, 0.6) is 0 Å². The molecule has 0 aromatic heterocycles. The van der Waals surface area contributed by atoms with E-state index >= 15 is 0 Å². The third kappa shape index (κ3) is 5.24. The standard InChI is InChI=1S/C16H18N2O2S.ClH/c1-18(2)13-9-7-12(8-10-13)5-3-4-6-15-17-14(11-21-15)16(19)20;/h3-10,14H,11H2,1-2H3,(H,19,20);1H/b5-3+,6-4+;. The van der Waals surface area contributed by atoms with Gasteiger partial charge in [0.2, 0.25) is 0 Å². The fourth-order valence-electron chi connectivity index (χ4n) is 1.80. The maximum atomic E-state index is 10.8. The quantitative estimate of drug-likeness (QED) is 0.837. The molecule has 2 rings (SSSR count). The molecule has 0 saturated carbocycles. The van der Waals surface area contributed by atoms with Crippen LogP contribution in [0, 0.1) is 0 Å². The first-order chi connectivity index (χ1) is 10.1. The number of carbonyl (C=O) groups is 1. The van der Waals surface area contributed by atoms with Gasteiger partial charge in [-0.25, -0.2) is 4.79 Å². The molecule has 1 aliphatic heterocycles. The maximum Gasteiger partial charge on any atom is 0.329 e. The molecular weight excluding hydrogens is 320 g/mol. The third-order valence-corrected chi connectivity index (χ3v) is 4.02. The Balaban J connectivity index is 0.00000242. The van der Waals surface area contributed by atoms with Crippen molar-refractivity contribution in [3.8, 4) is 0 Å². The number of carboxylic acids is 1. The van der Waals surface area contributed by atoms with Gasteiger partial charge >= 0.3 is 5.97 Å². The number of rotatable bonds is 5. The molecule has 0 aliphatic carbocycles. The maximum absolute atomic E-state index is 10.8. The number of benzene rings is 1. The molecular formula is C16H19ClN2O2S. The Hall–Kier alpha value is -1.72. The lowest BCUT2D eigenvalue weighted by atomic mass is 10.2. The number of allylic oxidation sites excluding steroid dienone is 2. The monoisotopic (exact) mass is 338 g/mol. The summed E-state index contributed by atoms with van der Waals surface area (Å²) in [4.78, 5) is 16.9. The molecule has 0 saturated heterocycles. The average molecular weight is 339 g/mol. The van der Waals surface area contributed by atoms with Gasteiger partial charge in [-0.1, -0.05) is 30.4 Å². The van der Waals surface area contributed by atoms with Crippen molar-refractivity contribution >= 4 is 46.9 Å². The smallest absolute Gasteiger partial charge is 0.329 e. The molecule has 1 aliphatic rings. The van der Waals surface area contributed by atoms with Crippen molar-refractivity contribution in [3.63, 3.8) is 0 Å². The van der Waals surface area contributed by atoms with Crippen molar-refractivity contribution in [1.82, 2.24) is 0 Å². The second-order valence-electron chi connectivity index (χ2n) is 4.84. The molecule has 4 nitrogen and oxygen atoms in total. The number of hydrogen-bond acceptors (Lipinski definition) is 4. The highest BCUT2D eigenvalue weighted by Gasteiger charge is 2.22. The first-order valence-electron chi connectivity index (χ1n) is 6.62. The summed E-state index contributed by atoms with van der Waals surface area (Å²) in [5.74, 6) is -0.340. The fourth-order valence-corrected chi connectivity index (χ4v) is 2.72. The van der Waals surface area contributed by atoms with E-state index in [1.807, 2.05) is 38.4 Å². The Bertz CT molecular complexity index is 595. The molecule has 0 amide bonds. The second-order valence-corrected chi connectivity index (χ2v) is 5.88. The molecule has 0 spiro atoms. The van der Waals surface area contributed by atoms with E-state index < -0.39 is 12.0 Å². The van der Waals surface area contributed by atoms with Crippen LogP contribution in [0.3, 0.4) is 0 Å². The molecule has 0 radical (unpaired) electrons. The van der Waals surface area contributed by atoms with Gasteiger partial charge in [0.25, 0.3) is 0 Å². The molecule has 0 fully saturated rings. The summed E-state index contributed by atoms with van der Waals surface area (Å²) in [6.45, 7) is 0. The molecule has 118 valence electrons. The van der Waals surface area contributed by atoms with E-state index in [1.165, 1.54) is 17.4 Å². The van der Waals surface area contributed by atoms with Crippen molar-refractivity contribution in [1.29, 1.82) is 0 Å². The average Bonchev–Trinajstić information content (AvgIpc) is 2.93. The molecule has 6 heteroatoms. The Morgan fingerprint density at radius 1 is 1.27 bits per heavy atom. The lowest BCUT2D eigenvalue weighted by Crippen LogP contribution is -2.16. The van der Waals surface area contributed by atoms with Gasteiger partial charge in [-0.05, 0) is 23.8 Å². The van der Waals surface area contributed by atoms with Gasteiger partial charge in [-0.3, -0.25) is 4.99 Å². The first-order valence-corrected chi connectivity index (χ1v) is 7.60. The summed E-state index contributed by atoms with van der Waals surface area (Å²) in [7, 11) is 4.02. The van der Waals surface area contributed by atoms with Crippen LogP contribution < -0.4 is 4.90 Å². The number of hydrogen-bond donors (Lipinski definition) is 1. The fraction of sp³-hybridized carbons (Fsp3) is 0.250. The molecule has 1 atom stereocenters. The van der Waals surface area contributed by atoms with E-state index in [0.717, 1.165) is 10.6 Å². The van der Waals surface area contributed by atoms with Crippen LogP contribution in [-0.2, 0) is 4.79 Å². The lowest BCUT2D eigenvalue weighted by Gasteiger charge is -2.11. The Kier molecular flexibility index (Phi) is 7.21. The van der Waals surface area contributed by atoms with Crippen LogP contribution in [0.4, 0.5) is 5.69 Å². The molecule has 0 bridgehead atoms. The third-order valence-electron chi connectivity index (χ3n) is 3.01. The van der Waals surface area contributed by atoms with Gasteiger partial charge in [-0.2, -0.15) is 0 Å². The van der Waals surface area contributed by atoms with Crippen molar-refractivity contribution in [3.05, 3.63) is 48.1 Å². The van der Waals surface area contributed by atoms with Crippen LogP contribution in [0.15, 0.2) is 47.5 Å². The summed E-state index contributed by atoms with van der Waals surface area (Å²) in [6.07, 6.45) is 7.67. The number of halogens is 1. The van der Waals surface area contributed by atoms with Crippen molar-refractivity contribution in [2.45, 2.75) is 6.04 Å². The van der Waals surface area contributed by atoms with E-state index in [0.29, 0.717) is 5.75 Å². The van der Waals surface area contributed by atoms with Crippen LogP contribution in [0.1, 0.15) is 5.56 Å². The minimum Gasteiger partial charge on any atom is -0.480 e. The summed E-state index contributed by atoms with van der Waals surface area (Å²) in [5.41, 5.74) is 2.29. The van der Waals surface area contributed by atoms with Gasteiger partial charge in [-0.15, -0.1) is 24.2 Å². The predicted octanol–water partition coefficient (Wildman–Crippen LogP) is 3.34. The van der Waals surface area contributed by atoms with Gasteiger partial charge in [0.05, 0.1) is 5.04 Å². The molecule has 1 N–H and O–H groups in total. The van der Waals surface area contributed by atoms with Gasteiger partial charge < -0.3 is 10.0 Å². The molecule has 1 aromatic rings. The van der Waals surface area contributed by atoms with Gasteiger partial charge in [0.15, 0.2) is 6.04 Å². The zero-order chi connectivity index (χ0) is 15.2. The summed E-state index contributed by atoms with van der Waals surface area (Å²) in [5, 5.41) is 9.62. The van der Waals surface area contributed by atoms with E-state index in [1.54, 1.807) is 0 Å². The summed E-state index contributed by atoms with van der Waals surface area (Å²) in [6, 6.07) is 7.65. The number of anilines is 1. The highest BCUT2D eigenvalue weighted by molar-refractivity contribution is 8.14. The number of thioether (sulfide) groups is 1. The van der Waals surface area contributed by atoms with Crippen molar-refractivity contribution in [2.75, 3.05) is 24.7 Å². The predicted molar refractivity (Wildman–Crippen MR) is 97.5 cm³/mol. The van der Waals surface area contributed by atoms with Crippen LogP contribution >= 0.6 is 24.2 Å². The number of nitrogens with zero attached hydrogens (tertiary/aromatic N) is 2.